The van der Waals surface area contributed by atoms with Crippen LogP contribution in [0.3, 0.4) is 0 Å². The van der Waals surface area contributed by atoms with Crippen molar-refractivity contribution >= 4 is 11.8 Å². The lowest BCUT2D eigenvalue weighted by Crippen LogP contribution is -2.47. The summed E-state index contributed by atoms with van der Waals surface area (Å²) in [6.45, 7) is 6.41. The Balaban J connectivity index is 1.37. The number of benzene rings is 1. The number of likely N-dealkylation sites (tertiary alicyclic amines) is 1. The quantitative estimate of drug-likeness (QED) is 0.800. The Hall–Kier alpha value is -2.77. The number of carbonyl (C=O) groups is 2. The van der Waals surface area contributed by atoms with Crippen LogP contribution in [-0.2, 0) is 9.53 Å². The summed E-state index contributed by atoms with van der Waals surface area (Å²) in [5, 5.41) is 0. The third-order valence-electron chi connectivity index (χ3n) is 6.24. The number of nitrogens with zero attached hydrogens (tertiary/aromatic N) is 3. The van der Waals surface area contributed by atoms with E-state index in [1.807, 2.05) is 29.2 Å². The van der Waals surface area contributed by atoms with Crippen LogP contribution >= 0.6 is 0 Å². The largest absolute Gasteiger partial charge is 0.369 e. The van der Waals surface area contributed by atoms with E-state index < -0.39 is 5.91 Å². The molecule has 31 heavy (non-hydrogen) atoms. The van der Waals surface area contributed by atoms with Gasteiger partial charge in [0.15, 0.2) is 0 Å². The van der Waals surface area contributed by atoms with Crippen molar-refractivity contribution in [2.24, 2.45) is 11.7 Å². The minimum atomic E-state index is -0.448. The molecule has 0 radical (unpaired) electrons. The van der Waals surface area contributed by atoms with Gasteiger partial charge in [0.25, 0.3) is 0 Å². The smallest absolute Gasteiger partial charge is 0.248 e. The molecule has 2 aliphatic heterocycles. The van der Waals surface area contributed by atoms with Crippen molar-refractivity contribution in [2.45, 2.75) is 25.9 Å². The number of carbonyl (C=O) groups excluding carboxylic acids is 2. The predicted octanol–water partition coefficient (Wildman–Crippen LogP) is 2.48. The van der Waals surface area contributed by atoms with Gasteiger partial charge in [0.2, 0.25) is 11.8 Å². The van der Waals surface area contributed by atoms with E-state index in [2.05, 4.69) is 16.8 Å². The third kappa shape index (κ3) is 5.29. The lowest BCUT2D eigenvalue weighted by molar-refractivity contribution is -0.135. The number of piperidine rings is 1. The maximum atomic E-state index is 12.7. The number of rotatable bonds is 5. The second-order valence-corrected chi connectivity index (χ2v) is 8.57. The molecular formula is C24H30N4O3. The number of hydrogen-bond donors (Lipinski definition) is 1. The Kier molecular flexibility index (Phi) is 6.63. The summed E-state index contributed by atoms with van der Waals surface area (Å²) in [5.74, 6) is 0.477. The molecule has 0 spiro atoms. The SMILES string of the molecule is CC1CCN(C(=O)CN2CCO[C@@H](c3ccc(-c4cccc(C(N)=O)c4)cn3)C2)CC1. The van der Waals surface area contributed by atoms with E-state index in [4.69, 9.17) is 10.5 Å². The van der Waals surface area contributed by atoms with Crippen LogP contribution < -0.4 is 5.73 Å². The highest BCUT2D eigenvalue weighted by molar-refractivity contribution is 5.94. The number of primary amides is 1. The lowest BCUT2D eigenvalue weighted by Gasteiger charge is -2.35. The molecule has 2 fully saturated rings. The topological polar surface area (TPSA) is 88.8 Å². The Morgan fingerprint density at radius 2 is 1.94 bits per heavy atom. The summed E-state index contributed by atoms with van der Waals surface area (Å²) in [6.07, 6.45) is 3.82. The van der Waals surface area contributed by atoms with Gasteiger partial charge in [-0.25, -0.2) is 0 Å². The van der Waals surface area contributed by atoms with Gasteiger partial charge in [-0.15, -0.1) is 0 Å². The van der Waals surface area contributed by atoms with Crippen LogP contribution in [0.25, 0.3) is 11.1 Å². The summed E-state index contributed by atoms with van der Waals surface area (Å²) >= 11 is 0. The van der Waals surface area contributed by atoms with Crippen LogP contribution in [0.5, 0.6) is 0 Å². The molecule has 1 aromatic heterocycles. The van der Waals surface area contributed by atoms with E-state index in [1.165, 1.54) is 0 Å². The van der Waals surface area contributed by atoms with Crippen LogP contribution in [-0.4, -0.2) is 65.9 Å². The molecular weight excluding hydrogens is 392 g/mol. The summed E-state index contributed by atoms with van der Waals surface area (Å²) < 4.78 is 5.94. The zero-order valence-electron chi connectivity index (χ0n) is 18.0. The van der Waals surface area contributed by atoms with E-state index in [0.717, 1.165) is 49.3 Å². The van der Waals surface area contributed by atoms with Gasteiger partial charge >= 0.3 is 0 Å². The van der Waals surface area contributed by atoms with E-state index in [1.54, 1.807) is 18.3 Å². The maximum Gasteiger partial charge on any atom is 0.248 e. The number of morpholine rings is 1. The highest BCUT2D eigenvalue weighted by Gasteiger charge is 2.27. The van der Waals surface area contributed by atoms with Crippen molar-refractivity contribution in [1.82, 2.24) is 14.8 Å². The van der Waals surface area contributed by atoms with Crippen LogP contribution in [0.2, 0.25) is 0 Å². The molecule has 7 heteroatoms. The third-order valence-corrected chi connectivity index (χ3v) is 6.24. The van der Waals surface area contributed by atoms with Gasteiger partial charge in [-0.2, -0.15) is 0 Å². The number of amides is 2. The predicted molar refractivity (Wildman–Crippen MR) is 118 cm³/mol. The number of nitrogens with two attached hydrogens (primary N) is 1. The number of ether oxygens (including phenoxy) is 1. The monoisotopic (exact) mass is 422 g/mol. The Bertz CT molecular complexity index is 923. The van der Waals surface area contributed by atoms with Gasteiger partial charge in [-0.1, -0.05) is 25.1 Å². The molecule has 1 atom stereocenters. The first kappa shape index (κ1) is 21.5. The molecule has 3 heterocycles. The van der Waals surface area contributed by atoms with Gasteiger partial charge in [0.05, 0.1) is 18.8 Å². The van der Waals surface area contributed by atoms with E-state index in [-0.39, 0.29) is 12.0 Å². The fraction of sp³-hybridized carbons (Fsp3) is 0.458. The van der Waals surface area contributed by atoms with Gasteiger partial charge in [0.1, 0.15) is 6.10 Å². The second kappa shape index (κ2) is 9.58. The van der Waals surface area contributed by atoms with Crippen molar-refractivity contribution in [3.63, 3.8) is 0 Å². The minimum absolute atomic E-state index is 0.158. The number of aromatic nitrogens is 1. The molecule has 0 bridgehead atoms. The number of pyridine rings is 1. The van der Waals surface area contributed by atoms with Crippen molar-refractivity contribution in [2.75, 3.05) is 39.3 Å². The molecule has 1 aromatic carbocycles. The van der Waals surface area contributed by atoms with Crippen molar-refractivity contribution in [3.05, 3.63) is 53.9 Å². The van der Waals surface area contributed by atoms with E-state index in [0.29, 0.717) is 31.2 Å². The van der Waals surface area contributed by atoms with Gasteiger partial charge < -0.3 is 15.4 Å². The molecule has 0 unspecified atom stereocenters. The summed E-state index contributed by atoms with van der Waals surface area (Å²) in [6, 6.07) is 11.1. The first-order valence-corrected chi connectivity index (χ1v) is 11.0. The molecule has 2 amide bonds. The summed E-state index contributed by atoms with van der Waals surface area (Å²) in [4.78, 5) is 32.9. The van der Waals surface area contributed by atoms with Crippen molar-refractivity contribution < 1.29 is 14.3 Å². The fourth-order valence-corrected chi connectivity index (χ4v) is 4.19. The van der Waals surface area contributed by atoms with Gasteiger partial charge in [0, 0.05) is 43.5 Å². The Morgan fingerprint density at radius 1 is 1.13 bits per heavy atom. The highest BCUT2D eigenvalue weighted by Crippen LogP contribution is 2.25. The molecule has 2 aliphatic rings. The highest BCUT2D eigenvalue weighted by atomic mass is 16.5. The second-order valence-electron chi connectivity index (χ2n) is 8.57. The lowest BCUT2D eigenvalue weighted by atomic mass is 9.99. The van der Waals surface area contributed by atoms with E-state index in [9.17, 15) is 9.59 Å². The first-order valence-electron chi connectivity index (χ1n) is 11.0. The van der Waals surface area contributed by atoms with Crippen LogP contribution in [0.1, 0.15) is 41.9 Å². The van der Waals surface area contributed by atoms with Crippen LogP contribution in [0.4, 0.5) is 0 Å². The summed E-state index contributed by atoms with van der Waals surface area (Å²) in [5.41, 5.74) is 8.50. The molecule has 7 nitrogen and oxygen atoms in total. The average Bonchev–Trinajstić information content (AvgIpc) is 2.80. The van der Waals surface area contributed by atoms with Crippen molar-refractivity contribution in [3.8, 4) is 11.1 Å². The molecule has 4 rings (SSSR count). The Labute approximate surface area is 183 Å². The minimum Gasteiger partial charge on any atom is -0.369 e. The molecule has 164 valence electrons. The molecule has 0 aliphatic carbocycles. The average molecular weight is 423 g/mol. The van der Waals surface area contributed by atoms with Gasteiger partial charge in [-0.05, 0) is 42.5 Å². The zero-order valence-corrected chi connectivity index (χ0v) is 18.0. The standard InChI is InChI=1S/C24H30N4O3/c1-17-7-9-28(10-8-17)23(29)16-27-11-12-31-22(15-27)21-6-5-20(14-26-21)18-3-2-4-19(13-18)24(25)30/h2-6,13-14,17,22H,7-12,15-16H2,1H3,(H2,25,30)/t22-/m1/s1. The maximum absolute atomic E-state index is 12.7. The number of hydrogen-bond acceptors (Lipinski definition) is 5. The molecule has 0 saturated carbocycles. The first-order chi connectivity index (χ1) is 15.0. The van der Waals surface area contributed by atoms with E-state index >= 15 is 0 Å². The summed E-state index contributed by atoms with van der Waals surface area (Å²) in [7, 11) is 0. The van der Waals surface area contributed by atoms with Crippen LogP contribution in [0, 0.1) is 5.92 Å². The van der Waals surface area contributed by atoms with Crippen LogP contribution in [0.15, 0.2) is 42.6 Å². The normalized spacial score (nSPS) is 20.5. The van der Waals surface area contributed by atoms with Gasteiger partial charge in [-0.3, -0.25) is 19.5 Å². The molecule has 2 N–H and O–H groups in total. The molecule has 2 saturated heterocycles. The molecule has 2 aromatic rings. The van der Waals surface area contributed by atoms with Crippen molar-refractivity contribution in [1.29, 1.82) is 0 Å². The fourth-order valence-electron chi connectivity index (χ4n) is 4.19. The Morgan fingerprint density at radius 3 is 2.65 bits per heavy atom. The zero-order chi connectivity index (χ0) is 21.8.